The van der Waals surface area contributed by atoms with Crippen LogP contribution in [0.5, 0.6) is 5.75 Å². The molecule has 0 atom stereocenters. The summed E-state index contributed by atoms with van der Waals surface area (Å²) < 4.78 is 30.7. The summed E-state index contributed by atoms with van der Waals surface area (Å²) in [6.07, 6.45) is 0.286. The van der Waals surface area contributed by atoms with Gasteiger partial charge in [0.05, 0.1) is 13.2 Å². The number of hydrogen-bond acceptors (Lipinski definition) is 3. The van der Waals surface area contributed by atoms with Crippen LogP contribution in [0.4, 0.5) is 8.78 Å². The fourth-order valence-electron chi connectivity index (χ4n) is 3.12. The molecule has 28 heavy (non-hydrogen) atoms. The highest BCUT2D eigenvalue weighted by molar-refractivity contribution is 14.0. The van der Waals surface area contributed by atoms with Gasteiger partial charge in [-0.2, -0.15) is 0 Å². The summed E-state index contributed by atoms with van der Waals surface area (Å²) in [5, 5.41) is 6.69. The molecule has 0 bridgehead atoms. The largest absolute Gasteiger partial charge is 0.493 e. The minimum Gasteiger partial charge on any atom is -0.493 e. The van der Waals surface area contributed by atoms with Gasteiger partial charge in [-0.15, -0.1) is 24.0 Å². The number of ether oxygens (including phenoxy) is 1. The number of para-hydroxylation sites is 1. The molecule has 8 heteroatoms. The first kappa shape index (κ1) is 24.9. The Hall–Kier alpha value is -1.16. The van der Waals surface area contributed by atoms with Crippen molar-refractivity contribution >= 4 is 29.9 Å². The maximum Gasteiger partial charge on any atom is 0.251 e. The zero-order chi connectivity index (χ0) is 19.5. The van der Waals surface area contributed by atoms with Crippen molar-refractivity contribution in [3.8, 4) is 5.75 Å². The fourth-order valence-corrected chi connectivity index (χ4v) is 3.12. The normalized spacial score (nSPS) is 16.0. The Labute approximate surface area is 184 Å². The number of guanidine groups is 1. The van der Waals surface area contributed by atoms with Crippen molar-refractivity contribution in [1.29, 1.82) is 0 Å². The monoisotopic (exact) mass is 510 g/mol. The van der Waals surface area contributed by atoms with Crippen LogP contribution in [0.2, 0.25) is 0 Å². The van der Waals surface area contributed by atoms with Gasteiger partial charge in [0, 0.05) is 38.6 Å². The summed E-state index contributed by atoms with van der Waals surface area (Å²) in [5.74, 6) is 1.71. The van der Waals surface area contributed by atoms with E-state index in [9.17, 15) is 8.78 Å². The lowest BCUT2D eigenvalue weighted by Gasteiger charge is -2.32. The molecule has 0 amide bonds. The van der Waals surface area contributed by atoms with Crippen LogP contribution >= 0.6 is 24.0 Å². The van der Waals surface area contributed by atoms with Crippen molar-refractivity contribution in [3.63, 3.8) is 0 Å². The van der Waals surface area contributed by atoms with Gasteiger partial charge in [-0.05, 0) is 38.3 Å². The minimum absolute atomic E-state index is 0. The molecule has 1 aromatic carbocycles. The van der Waals surface area contributed by atoms with Crippen molar-refractivity contribution in [1.82, 2.24) is 15.5 Å². The summed E-state index contributed by atoms with van der Waals surface area (Å²) >= 11 is 0. The molecule has 1 fully saturated rings. The minimum atomic E-state index is -2.25. The SMILES string of the molecule is CCNC(=NCCCOc1ccccc1C)NC1CCN(CC(F)F)CC1.I. The average Bonchev–Trinajstić information content (AvgIpc) is 2.64. The van der Waals surface area contributed by atoms with Crippen LogP contribution in [-0.4, -0.2) is 62.7 Å². The number of nitrogens with zero attached hydrogens (tertiary/aromatic N) is 2. The topological polar surface area (TPSA) is 48.9 Å². The highest BCUT2D eigenvalue weighted by Gasteiger charge is 2.21. The number of aliphatic imine (C=N–C) groups is 1. The average molecular weight is 510 g/mol. The molecule has 0 aromatic heterocycles. The van der Waals surface area contributed by atoms with Crippen molar-refractivity contribution in [3.05, 3.63) is 29.8 Å². The van der Waals surface area contributed by atoms with E-state index in [4.69, 9.17) is 4.74 Å². The third kappa shape index (κ3) is 9.36. The first-order valence-corrected chi connectivity index (χ1v) is 9.82. The fraction of sp³-hybridized carbons (Fsp3) is 0.650. The van der Waals surface area contributed by atoms with Crippen LogP contribution in [0.25, 0.3) is 0 Å². The molecule has 160 valence electrons. The number of hydrogen-bond donors (Lipinski definition) is 2. The molecule has 1 aliphatic rings. The second-order valence-electron chi connectivity index (χ2n) is 6.84. The van der Waals surface area contributed by atoms with Gasteiger partial charge in [-0.25, -0.2) is 8.78 Å². The van der Waals surface area contributed by atoms with Crippen molar-refractivity contribution < 1.29 is 13.5 Å². The Balaban J connectivity index is 0.00000392. The summed E-state index contributed by atoms with van der Waals surface area (Å²) in [5.41, 5.74) is 1.13. The highest BCUT2D eigenvalue weighted by atomic mass is 127. The standard InChI is InChI=1S/C20H32F2N4O.HI/c1-3-23-20(25-17-9-12-26(13-10-17)15-19(21)22)24-11-6-14-27-18-8-5-4-7-16(18)2;/h4-5,7-8,17,19H,3,6,9-15H2,1-2H3,(H2,23,24,25);1H. The summed E-state index contributed by atoms with van der Waals surface area (Å²) in [7, 11) is 0. The molecule has 0 unspecified atom stereocenters. The van der Waals surface area contributed by atoms with E-state index in [1.54, 1.807) is 0 Å². The lowest BCUT2D eigenvalue weighted by atomic mass is 10.1. The predicted molar refractivity (Wildman–Crippen MR) is 121 cm³/mol. The van der Waals surface area contributed by atoms with Crippen LogP contribution in [0, 0.1) is 6.92 Å². The number of benzene rings is 1. The molecule has 1 aromatic rings. The van der Waals surface area contributed by atoms with E-state index >= 15 is 0 Å². The van der Waals surface area contributed by atoms with Gasteiger partial charge >= 0.3 is 0 Å². The Morgan fingerprint density at radius 2 is 2.00 bits per heavy atom. The molecule has 1 heterocycles. The maximum absolute atomic E-state index is 12.5. The van der Waals surface area contributed by atoms with Gasteiger partial charge in [-0.3, -0.25) is 9.89 Å². The molecule has 0 spiro atoms. The molecule has 0 aliphatic carbocycles. The molecule has 2 N–H and O–H groups in total. The van der Waals surface area contributed by atoms with Gasteiger partial charge in [0.1, 0.15) is 5.75 Å². The van der Waals surface area contributed by atoms with Gasteiger partial charge in [0.25, 0.3) is 6.43 Å². The van der Waals surface area contributed by atoms with Crippen molar-refractivity contribution in [2.75, 3.05) is 39.3 Å². The lowest BCUT2D eigenvalue weighted by molar-refractivity contribution is 0.0744. The van der Waals surface area contributed by atoms with Crippen molar-refractivity contribution in [2.45, 2.75) is 45.6 Å². The quantitative estimate of drug-likeness (QED) is 0.231. The van der Waals surface area contributed by atoms with Crippen LogP contribution in [0.3, 0.4) is 0 Å². The second kappa shape index (κ2) is 13.9. The Kier molecular flexibility index (Phi) is 12.4. The van der Waals surface area contributed by atoms with Crippen LogP contribution in [0.1, 0.15) is 31.7 Å². The Morgan fingerprint density at radius 1 is 1.29 bits per heavy atom. The maximum atomic E-state index is 12.5. The third-order valence-electron chi connectivity index (χ3n) is 4.59. The first-order chi connectivity index (χ1) is 13.1. The van der Waals surface area contributed by atoms with Crippen molar-refractivity contribution in [2.24, 2.45) is 4.99 Å². The molecule has 0 saturated carbocycles. The zero-order valence-electron chi connectivity index (χ0n) is 16.8. The summed E-state index contributed by atoms with van der Waals surface area (Å²) in [6, 6.07) is 8.26. The smallest absolute Gasteiger partial charge is 0.251 e. The van der Waals surface area contributed by atoms with Gasteiger partial charge in [-0.1, -0.05) is 18.2 Å². The van der Waals surface area contributed by atoms with Gasteiger partial charge in [0.2, 0.25) is 0 Å². The lowest BCUT2D eigenvalue weighted by Crippen LogP contribution is -2.49. The van der Waals surface area contributed by atoms with Gasteiger partial charge < -0.3 is 15.4 Å². The number of piperidine rings is 1. The van der Waals surface area contributed by atoms with Crippen LogP contribution < -0.4 is 15.4 Å². The van der Waals surface area contributed by atoms with Crippen LogP contribution in [-0.2, 0) is 0 Å². The number of likely N-dealkylation sites (tertiary alicyclic amines) is 1. The zero-order valence-corrected chi connectivity index (χ0v) is 19.1. The molecule has 1 aliphatic heterocycles. The summed E-state index contributed by atoms with van der Waals surface area (Å²) in [6.45, 7) is 7.43. The van der Waals surface area contributed by atoms with E-state index in [1.165, 1.54) is 0 Å². The molecular formula is C20H33F2IN4O. The van der Waals surface area contributed by atoms with E-state index in [-0.39, 0.29) is 36.6 Å². The highest BCUT2D eigenvalue weighted by Crippen LogP contribution is 2.16. The van der Waals surface area contributed by atoms with E-state index in [1.807, 2.05) is 43.0 Å². The number of halogens is 3. The third-order valence-corrected chi connectivity index (χ3v) is 4.59. The molecular weight excluding hydrogens is 477 g/mol. The van der Waals surface area contributed by atoms with E-state index < -0.39 is 6.43 Å². The number of aryl methyl sites for hydroxylation is 1. The Bertz CT molecular complexity index is 581. The van der Waals surface area contributed by atoms with E-state index in [2.05, 4.69) is 15.6 Å². The van der Waals surface area contributed by atoms with Crippen LogP contribution in [0.15, 0.2) is 29.3 Å². The Morgan fingerprint density at radius 3 is 2.64 bits per heavy atom. The predicted octanol–water partition coefficient (Wildman–Crippen LogP) is 3.67. The van der Waals surface area contributed by atoms with Gasteiger partial charge in [0.15, 0.2) is 5.96 Å². The number of rotatable bonds is 9. The molecule has 2 rings (SSSR count). The second-order valence-corrected chi connectivity index (χ2v) is 6.84. The number of alkyl halides is 2. The number of nitrogens with one attached hydrogen (secondary N) is 2. The molecule has 5 nitrogen and oxygen atoms in total. The van der Waals surface area contributed by atoms with E-state index in [0.717, 1.165) is 43.1 Å². The van der Waals surface area contributed by atoms with E-state index in [0.29, 0.717) is 26.2 Å². The molecule has 1 saturated heterocycles. The molecule has 0 radical (unpaired) electrons. The summed E-state index contributed by atoms with van der Waals surface area (Å²) in [4.78, 5) is 6.44. The first-order valence-electron chi connectivity index (χ1n) is 9.82.